The molecule has 1 saturated heterocycles. The van der Waals surface area contributed by atoms with Crippen LogP contribution in [0.1, 0.15) is 38.1 Å². The van der Waals surface area contributed by atoms with Gasteiger partial charge < -0.3 is 14.3 Å². The van der Waals surface area contributed by atoms with E-state index >= 15 is 0 Å². The molecule has 0 radical (unpaired) electrons. The quantitative estimate of drug-likeness (QED) is 0.812. The molecule has 0 aliphatic carbocycles. The summed E-state index contributed by atoms with van der Waals surface area (Å²) in [5, 5.41) is 3.90. The monoisotopic (exact) mass is 279 g/mol. The summed E-state index contributed by atoms with van der Waals surface area (Å²) < 4.78 is 5.16. The maximum Gasteiger partial charge on any atom is 0.242 e. The van der Waals surface area contributed by atoms with Crippen molar-refractivity contribution in [3.8, 4) is 0 Å². The Labute approximate surface area is 118 Å². The number of likely N-dealkylation sites (N-methyl/N-ethyl adjacent to an activating group) is 1. The second-order valence-electron chi connectivity index (χ2n) is 5.30. The molecule has 1 aromatic rings. The van der Waals surface area contributed by atoms with Gasteiger partial charge in [0.15, 0.2) is 5.76 Å². The van der Waals surface area contributed by atoms with Gasteiger partial charge in [0.1, 0.15) is 0 Å². The van der Waals surface area contributed by atoms with Crippen LogP contribution in [0.4, 0.5) is 0 Å². The Morgan fingerprint density at radius 3 is 2.90 bits per heavy atom. The van der Waals surface area contributed by atoms with Crippen LogP contribution in [0, 0.1) is 0 Å². The van der Waals surface area contributed by atoms with Crippen molar-refractivity contribution in [2.45, 2.75) is 45.7 Å². The van der Waals surface area contributed by atoms with Crippen LogP contribution in [0.3, 0.4) is 0 Å². The van der Waals surface area contributed by atoms with E-state index in [1.165, 1.54) is 0 Å². The van der Waals surface area contributed by atoms with Gasteiger partial charge in [-0.2, -0.15) is 0 Å². The van der Waals surface area contributed by atoms with Crippen molar-refractivity contribution in [3.63, 3.8) is 0 Å². The third-order valence-corrected chi connectivity index (χ3v) is 3.72. The van der Waals surface area contributed by atoms with Crippen LogP contribution in [0.2, 0.25) is 0 Å². The number of rotatable bonds is 5. The highest BCUT2D eigenvalue weighted by Gasteiger charge is 2.29. The van der Waals surface area contributed by atoms with Gasteiger partial charge in [-0.25, -0.2) is 0 Å². The summed E-state index contributed by atoms with van der Waals surface area (Å²) in [6, 6.07) is 2.00. The van der Waals surface area contributed by atoms with Gasteiger partial charge in [0.25, 0.3) is 0 Å². The van der Waals surface area contributed by atoms with Gasteiger partial charge in [0.05, 0.1) is 18.8 Å². The van der Waals surface area contributed by atoms with Crippen LogP contribution in [0.15, 0.2) is 10.6 Å². The molecule has 1 aromatic heterocycles. The lowest BCUT2D eigenvalue weighted by Crippen LogP contribution is -2.41. The van der Waals surface area contributed by atoms with Crippen LogP contribution in [0.5, 0.6) is 0 Å². The molecule has 0 N–H and O–H groups in total. The van der Waals surface area contributed by atoms with E-state index in [1.807, 2.05) is 19.9 Å². The highest BCUT2D eigenvalue weighted by atomic mass is 16.5. The van der Waals surface area contributed by atoms with E-state index in [2.05, 4.69) is 5.16 Å². The van der Waals surface area contributed by atoms with E-state index in [9.17, 15) is 9.59 Å². The Morgan fingerprint density at radius 2 is 2.35 bits per heavy atom. The fourth-order valence-electron chi connectivity index (χ4n) is 2.31. The SMILES string of the molecule is CCc1cc(CN(C)C(=O)CN2C(=O)CC[C@@H]2C)on1. The minimum atomic E-state index is -0.0819. The van der Waals surface area contributed by atoms with Crippen molar-refractivity contribution < 1.29 is 14.1 Å². The lowest BCUT2D eigenvalue weighted by molar-refractivity contribution is -0.139. The normalized spacial score (nSPS) is 18.6. The summed E-state index contributed by atoms with van der Waals surface area (Å²) in [4.78, 5) is 27.0. The summed E-state index contributed by atoms with van der Waals surface area (Å²) in [7, 11) is 1.71. The van der Waals surface area contributed by atoms with Crippen LogP contribution < -0.4 is 0 Å². The highest BCUT2D eigenvalue weighted by Crippen LogP contribution is 2.18. The maximum atomic E-state index is 12.1. The third kappa shape index (κ3) is 3.18. The van der Waals surface area contributed by atoms with Crippen LogP contribution >= 0.6 is 0 Å². The van der Waals surface area contributed by atoms with Crippen LogP contribution in [-0.2, 0) is 22.6 Å². The predicted molar refractivity (Wildman–Crippen MR) is 72.8 cm³/mol. The summed E-state index contributed by atoms with van der Waals surface area (Å²) >= 11 is 0. The van der Waals surface area contributed by atoms with E-state index in [-0.39, 0.29) is 24.4 Å². The van der Waals surface area contributed by atoms with Gasteiger partial charge in [0, 0.05) is 25.6 Å². The van der Waals surface area contributed by atoms with E-state index in [4.69, 9.17) is 4.52 Å². The second-order valence-corrected chi connectivity index (χ2v) is 5.30. The highest BCUT2D eigenvalue weighted by molar-refractivity contribution is 5.86. The summed E-state index contributed by atoms with van der Waals surface area (Å²) in [6.07, 6.45) is 2.18. The number of likely N-dealkylation sites (tertiary alicyclic amines) is 1. The number of aryl methyl sites for hydroxylation is 1. The second kappa shape index (κ2) is 6.07. The Hall–Kier alpha value is -1.85. The molecule has 1 fully saturated rings. The van der Waals surface area contributed by atoms with Crippen LogP contribution in [0.25, 0.3) is 0 Å². The lowest BCUT2D eigenvalue weighted by atomic mass is 10.2. The van der Waals surface area contributed by atoms with Crippen molar-refractivity contribution in [1.29, 1.82) is 0 Å². The predicted octanol–water partition coefficient (Wildman–Crippen LogP) is 1.21. The standard InChI is InChI=1S/C14H21N3O3/c1-4-11-7-12(20-15-11)8-16(3)14(19)9-17-10(2)5-6-13(17)18/h7,10H,4-6,8-9H2,1-3H3/t10-/m0/s1. The van der Waals surface area contributed by atoms with Gasteiger partial charge in [-0.15, -0.1) is 0 Å². The minimum absolute atomic E-state index is 0.0622. The molecule has 20 heavy (non-hydrogen) atoms. The number of carbonyl (C=O) groups is 2. The molecule has 0 bridgehead atoms. The number of aromatic nitrogens is 1. The molecule has 0 saturated carbocycles. The summed E-state index contributed by atoms with van der Waals surface area (Å²) in [5.41, 5.74) is 0.879. The zero-order valence-corrected chi connectivity index (χ0v) is 12.3. The van der Waals surface area contributed by atoms with Crippen LogP contribution in [-0.4, -0.2) is 46.4 Å². The number of hydrogen-bond donors (Lipinski definition) is 0. The average Bonchev–Trinajstić information content (AvgIpc) is 3.00. The topological polar surface area (TPSA) is 66.7 Å². The largest absolute Gasteiger partial charge is 0.359 e. The maximum absolute atomic E-state index is 12.1. The van der Waals surface area contributed by atoms with Crippen molar-refractivity contribution in [3.05, 3.63) is 17.5 Å². The first kappa shape index (κ1) is 14.6. The molecular weight excluding hydrogens is 258 g/mol. The first-order valence-electron chi connectivity index (χ1n) is 6.99. The molecule has 6 nitrogen and oxygen atoms in total. The molecule has 6 heteroatoms. The fraction of sp³-hybridized carbons (Fsp3) is 0.643. The van der Waals surface area contributed by atoms with E-state index < -0.39 is 0 Å². The Morgan fingerprint density at radius 1 is 1.60 bits per heavy atom. The van der Waals surface area contributed by atoms with Gasteiger partial charge >= 0.3 is 0 Å². The lowest BCUT2D eigenvalue weighted by Gasteiger charge is -2.24. The minimum Gasteiger partial charge on any atom is -0.359 e. The van der Waals surface area contributed by atoms with Crippen molar-refractivity contribution in [2.75, 3.05) is 13.6 Å². The number of hydrogen-bond acceptors (Lipinski definition) is 4. The molecule has 1 aliphatic rings. The van der Waals surface area contributed by atoms with Crippen molar-refractivity contribution in [1.82, 2.24) is 15.0 Å². The number of amides is 2. The smallest absolute Gasteiger partial charge is 0.242 e. The molecule has 2 rings (SSSR count). The Kier molecular flexibility index (Phi) is 4.42. The van der Waals surface area contributed by atoms with E-state index in [0.29, 0.717) is 18.7 Å². The fourth-order valence-corrected chi connectivity index (χ4v) is 2.31. The molecule has 1 aliphatic heterocycles. The van der Waals surface area contributed by atoms with Crippen molar-refractivity contribution in [2.24, 2.45) is 0 Å². The van der Waals surface area contributed by atoms with Gasteiger partial charge in [-0.3, -0.25) is 9.59 Å². The average molecular weight is 279 g/mol. The first-order valence-corrected chi connectivity index (χ1v) is 6.99. The zero-order valence-electron chi connectivity index (χ0n) is 12.3. The molecule has 0 unspecified atom stereocenters. The molecule has 0 spiro atoms. The Bertz CT molecular complexity index is 498. The van der Waals surface area contributed by atoms with Gasteiger partial charge in [-0.1, -0.05) is 12.1 Å². The number of nitrogens with zero attached hydrogens (tertiary/aromatic N) is 3. The molecule has 0 aromatic carbocycles. The number of carbonyl (C=O) groups excluding carboxylic acids is 2. The van der Waals surface area contributed by atoms with Gasteiger partial charge in [-0.05, 0) is 19.8 Å². The third-order valence-electron chi connectivity index (χ3n) is 3.72. The summed E-state index contributed by atoms with van der Waals surface area (Å²) in [6.45, 7) is 4.49. The molecular formula is C14H21N3O3. The van der Waals surface area contributed by atoms with Gasteiger partial charge in [0.2, 0.25) is 11.8 Å². The molecule has 1 atom stereocenters. The molecule has 2 heterocycles. The zero-order chi connectivity index (χ0) is 14.7. The first-order chi connectivity index (χ1) is 9.51. The molecule has 2 amide bonds. The summed E-state index contributed by atoms with van der Waals surface area (Å²) in [5.74, 6) is 0.646. The van der Waals surface area contributed by atoms with Crippen molar-refractivity contribution >= 4 is 11.8 Å². The van der Waals surface area contributed by atoms with E-state index in [1.54, 1.807) is 16.8 Å². The Balaban J connectivity index is 1.90. The molecule has 110 valence electrons. The van der Waals surface area contributed by atoms with E-state index in [0.717, 1.165) is 18.5 Å².